The molecule has 1 aliphatic heterocycles. The molecule has 3 aromatic rings. The standard InChI is InChI=1S/C28H28F2N2O3/c29-24-13-11-22(19-25(24)30)20-31-27(34)35-28(23-9-5-2-6-10-23)15-17-32(18-16-28)26(33)14-12-21-7-3-1-4-8-21/h1-11,13,19H,12,14-18,20H2,(H,31,34). The maximum Gasteiger partial charge on any atom is 0.408 e. The summed E-state index contributed by atoms with van der Waals surface area (Å²) in [5.41, 5.74) is 1.53. The third-order valence-electron chi connectivity index (χ3n) is 6.40. The highest BCUT2D eigenvalue weighted by Crippen LogP contribution is 2.37. The molecule has 0 atom stereocenters. The maximum atomic E-state index is 13.5. The summed E-state index contributed by atoms with van der Waals surface area (Å²) in [6.07, 6.45) is 1.39. The van der Waals surface area contributed by atoms with Gasteiger partial charge in [-0.25, -0.2) is 13.6 Å². The normalized spacial score (nSPS) is 14.9. The number of carbonyl (C=O) groups is 2. The predicted molar refractivity (Wildman–Crippen MR) is 128 cm³/mol. The zero-order valence-electron chi connectivity index (χ0n) is 19.4. The van der Waals surface area contributed by atoms with Crippen LogP contribution < -0.4 is 5.32 Å². The van der Waals surface area contributed by atoms with Crippen LogP contribution in [0.3, 0.4) is 0 Å². The minimum atomic E-state index is -0.970. The summed E-state index contributed by atoms with van der Waals surface area (Å²) in [6, 6.07) is 22.9. The van der Waals surface area contributed by atoms with Gasteiger partial charge in [0.05, 0.1) is 0 Å². The van der Waals surface area contributed by atoms with Gasteiger partial charge in [0.15, 0.2) is 11.6 Å². The highest BCUT2D eigenvalue weighted by Gasteiger charge is 2.40. The van der Waals surface area contributed by atoms with Crippen LogP contribution in [0.15, 0.2) is 78.9 Å². The quantitative estimate of drug-likeness (QED) is 0.499. The number of nitrogens with one attached hydrogen (secondary N) is 1. The molecule has 1 fully saturated rings. The van der Waals surface area contributed by atoms with Crippen LogP contribution in [0.5, 0.6) is 0 Å². The molecule has 5 nitrogen and oxygen atoms in total. The van der Waals surface area contributed by atoms with Gasteiger partial charge >= 0.3 is 6.09 Å². The number of rotatable bonds is 7. The number of hydrogen-bond acceptors (Lipinski definition) is 3. The molecule has 0 aliphatic carbocycles. The van der Waals surface area contributed by atoms with Gasteiger partial charge in [-0.2, -0.15) is 0 Å². The molecular formula is C28H28F2N2O3. The van der Waals surface area contributed by atoms with E-state index in [2.05, 4.69) is 5.32 Å². The lowest BCUT2D eigenvalue weighted by Gasteiger charge is -2.41. The molecule has 182 valence electrons. The molecule has 0 aromatic heterocycles. The Morgan fingerprint density at radius 1 is 0.857 bits per heavy atom. The van der Waals surface area contributed by atoms with Crippen molar-refractivity contribution in [3.8, 4) is 0 Å². The first kappa shape index (κ1) is 24.4. The van der Waals surface area contributed by atoms with Crippen LogP contribution in [0.2, 0.25) is 0 Å². The minimum absolute atomic E-state index is 0.00496. The number of alkyl carbamates (subject to hydrolysis) is 1. The van der Waals surface area contributed by atoms with E-state index >= 15 is 0 Å². The molecular weight excluding hydrogens is 450 g/mol. The molecule has 0 bridgehead atoms. The van der Waals surface area contributed by atoms with E-state index in [9.17, 15) is 18.4 Å². The van der Waals surface area contributed by atoms with Crippen molar-refractivity contribution in [1.29, 1.82) is 0 Å². The second kappa shape index (κ2) is 11.1. The van der Waals surface area contributed by atoms with Gasteiger partial charge in [0.2, 0.25) is 5.91 Å². The molecule has 0 spiro atoms. The van der Waals surface area contributed by atoms with E-state index in [1.54, 1.807) is 0 Å². The second-order valence-electron chi connectivity index (χ2n) is 8.72. The molecule has 4 rings (SSSR count). The van der Waals surface area contributed by atoms with Gasteiger partial charge in [-0.15, -0.1) is 0 Å². The van der Waals surface area contributed by atoms with Gasteiger partial charge in [-0.05, 0) is 35.2 Å². The molecule has 1 saturated heterocycles. The summed E-state index contributed by atoms with van der Waals surface area (Å²) in [7, 11) is 0. The molecule has 0 saturated carbocycles. The minimum Gasteiger partial charge on any atom is -0.438 e. The number of hydrogen-bond donors (Lipinski definition) is 1. The van der Waals surface area contributed by atoms with Gasteiger partial charge < -0.3 is 15.0 Å². The van der Waals surface area contributed by atoms with Crippen LogP contribution in [0.1, 0.15) is 36.0 Å². The van der Waals surface area contributed by atoms with Gasteiger partial charge in [-0.3, -0.25) is 4.79 Å². The lowest BCUT2D eigenvalue weighted by Crippen LogP contribution is -2.48. The summed E-state index contributed by atoms with van der Waals surface area (Å²) in [5.74, 6) is -1.83. The number of likely N-dealkylation sites (tertiary alicyclic amines) is 1. The van der Waals surface area contributed by atoms with Crippen LogP contribution in [-0.4, -0.2) is 30.0 Å². The SMILES string of the molecule is O=C(NCc1ccc(F)c(F)c1)OC1(c2ccccc2)CCN(C(=O)CCc2ccccc2)CC1. The number of carbonyl (C=O) groups excluding carboxylic acids is 2. The first-order valence-electron chi connectivity index (χ1n) is 11.7. The van der Waals surface area contributed by atoms with Gasteiger partial charge in [-0.1, -0.05) is 66.7 Å². The first-order chi connectivity index (χ1) is 16.9. The average molecular weight is 479 g/mol. The Bertz CT molecular complexity index is 1150. The fraction of sp³-hybridized carbons (Fsp3) is 0.286. The molecule has 3 aromatic carbocycles. The van der Waals surface area contributed by atoms with Crippen LogP contribution in [-0.2, 0) is 28.1 Å². The predicted octanol–water partition coefficient (Wildman–Crippen LogP) is 5.34. The summed E-state index contributed by atoms with van der Waals surface area (Å²) < 4.78 is 32.6. The van der Waals surface area contributed by atoms with Gasteiger partial charge in [0.1, 0.15) is 5.60 Å². The first-order valence-corrected chi connectivity index (χ1v) is 11.7. The van der Waals surface area contributed by atoms with Crippen LogP contribution in [0.25, 0.3) is 0 Å². The van der Waals surface area contributed by atoms with Crippen molar-refractivity contribution >= 4 is 12.0 Å². The number of aryl methyl sites for hydroxylation is 1. The maximum absolute atomic E-state index is 13.5. The van der Waals surface area contributed by atoms with E-state index < -0.39 is 23.3 Å². The van der Waals surface area contributed by atoms with Crippen molar-refractivity contribution < 1.29 is 23.1 Å². The highest BCUT2D eigenvalue weighted by atomic mass is 19.2. The Morgan fingerprint density at radius 3 is 2.17 bits per heavy atom. The molecule has 0 radical (unpaired) electrons. The zero-order valence-corrected chi connectivity index (χ0v) is 19.4. The number of amides is 2. The fourth-order valence-electron chi connectivity index (χ4n) is 4.40. The van der Waals surface area contributed by atoms with E-state index in [4.69, 9.17) is 4.74 Å². The van der Waals surface area contributed by atoms with Crippen LogP contribution >= 0.6 is 0 Å². The van der Waals surface area contributed by atoms with Crippen molar-refractivity contribution in [3.05, 3.63) is 107 Å². The Balaban J connectivity index is 1.38. The average Bonchev–Trinajstić information content (AvgIpc) is 2.89. The number of halogens is 2. The molecule has 2 amide bonds. The van der Waals surface area contributed by atoms with Crippen molar-refractivity contribution in [2.75, 3.05) is 13.1 Å². The number of piperidine rings is 1. The van der Waals surface area contributed by atoms with Crippen molar-refractivity contribution in [3.63, 3.8) is 0 Å². The van der Waals surface area contributed by atoms with E-state index in [0.29, 0.717) is 44.3 Å². The Morgan fingerprint density at radius 2 is 1.51 bits per heavy atom. The topological polar surface area (TPSA) is 58.6 Å². The van der Waals surface area contributed by atoms with E-state index in [-0.39, 0.29) is 12.5 Å². The second-order valence-corrected chi connectivity index (χ2v) is 8.72. The Labute approximate surface area is 203 Å². The van der Waals surface area contributed by atoms with Crippen LogP contribution in [0, 0.1) is 11.6 Å². The monoisotopic (exact) mass is 478 g/mol. The summed E-state index contributed by atoms with van der Waals surface area (Å²) >= 11 is 0. The molecule has 7 heteroatoms. The van der Waals surface area contributed by atoms with Crippen molar-refractivity contribution in [2.45, 2.75) is 37.8 Å². The lowest BCUT2D eigenvalue weighted by atomic mass is 9.84. The third kappa shape index (κ3) is 6.23. The summed E-state index contributed by atoms with van der Waals surface area (Å²) in [4.78, 5) is 27.3. The smallest absolute Gasteiger partial charge is 0.408 e. The van der Waals surface area contributed by atoms with Gasteiger partial charge in [0, 0.05) is 38.9 Å². The number of nitrogens with zero attached hydrogens (tertiary/aromatic N) is 1. The summed E-state index contributed by atoms with van der Waals surface area (Å²) in [6.45, 7) is 0.947. The molecule has 35 heavy (non-hydrogen) atoms. The van der Waals surface area contributed by atoms with Gasteiger partial charge in [0.25, 0.3) is 0 Å². The molecule has 1 heterocycles. The van der Waals surface area contributed by atoms with E-state index in [1.807, 2.05) is 65.6 Å². The van der Waals surface area contributed by atoms with E-state index in [0.717, 1.165) is 23.3 Å². The molecule has 1 N–H and O–H groups in total. The summed E-state index contributed by atoms with van der Waals surface area (Å²) in [5, 5.41) is 2.63. The number of benzene rings is 3. The molecule has 1 aliphatic rings. The zero-order chi connectivity index (χ0) is 24.7. The van der Waals surface area contributed by atoms with E-state index in [1.165, 1.54) is 6.07 Å². The highest BCUT2D eigenvalue weighted by molar-refractivity contribution is 5.76. The Kier molecular flexibility index (Phi) is 7.75. The Hall–Kier alpha value is -3.74. The largest absolute Gasteiger partial charge is 0.438 e. The van der Waals surface area contributed by atoms with Crippen LogP contribution in [0.4, 0.5) is 13.6 Å². The lowest BCUT2D eigenvalue weighted by molar-refractivity contribution is -0.135. The number of ether oxygens (including phenoxy) is 1. The third-order valence-corrected chi connectivity index (χ3v) is 6.40. The fourth-order valence-corrected chi connectivity index (χ4v) is 4.40. The van der Waals surface area contributed by atoms with Crippen molar-refractivity contribution in [1.82, 2.24) is 10.2 Å². The van der Waals surface area contributed by atoms with Crippen molar-refractivity contribution in [2.24, 2.45) is 0 Å². The molecule has 0 unspecified atom stereocenters.